The maximum atomic E-state index is 12.1. The highest BCUT2D eigenvalue weighted by Gasteiger charge is 2.19. The zero-order chi connectivity index (χ0) is 24.6. The normalized spacial score (nSPS) is 12.1. The Hall–Kier alpha value is -1.59. The van der Waals surface area contributed by atoms with Gasteiger partial charge in [-0.2, -0.15) is 0 Å². The first-order valence-corrected chi connectivity index (χ1v) is 14.3. The molecule has 2 aromatic rings. The van der Waals surface area contributed by atoms with Crippen molar-refractivity contribution in [3.63, 3.8) is 0 Å². The Morgan fingerprint density at radius 1 is 0.882 bits per heavy atom. The van der Waals surface area contributed by atoms with Crippen LogP contribution in [0.1, 0.15) is 91.4 Å². The molecule has 0 N–H and O–H groups in total. The van der Waals surface area contributed by atoms with Crippen LogP contribution in [0.4, 0.5) is 0 Å². The number of rotatable bonds is 17. The quantitative estimate of drug-likeness (QED) is 0.0538. The van der Waals surface area contributed by atoms with E-state index < -0.39 is 11.3 Å². The van der Waals surface area contributed by atoms with E-state index >= 15 is 0 Å². The van der Waals surface area contributed by atoms with Crippen molar-refractivity contribution in [2.45, 2.75) is 102 Å². The minimum absolute atomic E-state index is 0.341. The van der Waals surface area contributed by atoms with E-state index in [9.17, 15) is 4.79 Å². The van der Waals surface area contributed by atoms with Gasteiger partial charge in [0.2, 0.25) is 0 Å². The number of alkyl halides is 1. The van der Waals surface area contributed by atoms with Crippen LogP contribution < -0.4 is 4.74 Å². The Morgan fingerprint density at radius 2 is 1.44 bits per heavy atom. The zero-order valence-electron chi connectivity index (χ0n) is 21.1. The first-order valence-electron chi connectivity index (χ1n) is 12.9. The van der Waals surface area contributed by atoms with Gasteiger partial charge in [-0.15, -0.1) is 11.6 Å². The molecule has 0 radical (unpaired) electrons. The third-order valence-electron chi connectivity index (χ3n) is 5.70. The van der Waals surface area contributed by atoms with E-state index in [4.69, 9.17) is 16.3 Å². The van der Waals surface area contributed by atoms with Gasteiger partial charge in [0, 0.05) is 23.7 Å². The van der Waals surface area contributed by atoms with Crippen LogP contribution in [-0.2, 0) is 4.79 Å². The molecule has 0 spiro atoms. The van der Waals surface area contributed by atoms with Gasteiger partial charge in [0.15, 0.2) is 5.16 Å². The van der Waals surface area contributed by atoms with Gasteiger partial charge in [0.05, 0.1) is 0 Å². The molecule has 6 heteroatoms. The van der Waals surface area contributed by atoms with Crippen LogP contribution in [0.2, 0.25) is 0 Å². The van der Waals surface area contributed by atoms with E-state index in [1.807, 2.05) is 38.4 Å². The number of hydrogen-bond donors (Lipinski definition) is 0. The van der Waals surface area contributed by atoms with Crippen LogP contribution in [-0.4, -0.2) is 27.1 Å². The molecule has 0 aliphatic heterocycles. The number of hydrogen-bond acceptors (Lipinski definition) is 5. The molecule has 188 valence electrons. The molecule has 2 rings (SSSR count). The summed E-state index contributed by atoms with van der Waals surface area (Å²) < 4.78 is 5.39. The number of halogens is 1. The maximum Gasteiger partial charge on any atom is 0.329 e. The first-order chi connectivity index (χ1) is 16.5. The molecule has 4 nitrogen and oxygen atoms in total. The van der Waals surface area contributed by atoms with Crippen LogP contribution in [0.5, 0.6) is 5.75 Å². The number of carbonyl (C=O) groups excluding carboxylic acids is 1. The monoisotopic (exact) mass is 504 g/mol. The summed E-state index contributed by atoms with van der Waals surface area (Å²) in [5.74, 6) is 1.49. The summed E-state index contributed by atoms with van der Waals surface area (Å²) in [7, 11) is 0. The van der Waals surface area contributed by atoms with E-state index in [0.29, 0.717) is 18.1 Å². The number of aromatic nitrogens is 2. The molecule has 0 amide bonds. The van der Waals surface area contributed by atoms with Crippen molar-refractivity contribution in [3.8, 4) is 16.9 Å². The fourth-order valence-corrected chi connectivity index (χ4v) is 4.88. The van der Waals surface area contributed by atoms with Crippen molar-refractivity contribution in [2.75, 3.05) is 5.75 Å². The number of thioether (sulfide) groups is 1. The summed E-state index contributed by atoms with van der Waals surface area (Å²) in [6.07, 6.45) is 17.8. The van der Waals surface area contributed by atoms with Crippen molar-refractivity contribution in [2.24, 2.45) is 5.92 Å². The fourth-order valence-electron chi connectivity index (χ4n) is 3.70. The third-order valence-corrected chi connectivity index (χ3v) is 7.02. The van der Waals surface area contributed by atoms with Crippen LogP contribution >= 0.6 is 23.4 Å². The third kappa shape index (κ3) is 11.7. The van der Waals surface area contributed by atoms with Crippen molar-refractivity contribution in [1.29, 1.82) is 0 Å². The lowest BCUT2D eigenvalue weighted by Gasteiger charge is -2.11. The Kier molecular flexibility index (Phi) is 14.3. The summed E-state index contributed by atoms with van der Waals surface area (Å²) in [6, 6.07) is 7.37. The van der Waals surface area contributed by atoms with E-state index in [1.54, 1.807) is 23.9 Å². The van der Waals surface area contributed by atoms with Gasteiger partial charge in [-0.1, -0.05) is 102 Å². The fraction of sp³-hybridized carbons (Fsp3) is 0.607. The van der Waals surface area contributed by atoms with E-state index in [0.717, 1.165) is 22.0 Å². The molecule has 1 aromatic carbocycles. The number of benzene rings is 1. The number of unbranched alkanes of at least 4 members (excludes halogenated alkanes) is 9. The molecule has 1 heterocycles. The predicted octanol–water partition coefficient (Wildman–Crippen LogP) is 8.72. The van der Waals surface area contributed by atoms with Gasteiger partial charge in [0.25, 0.3) is 0 Å². The highest BCUT2D eigenvalue weighted by Crippen LogP contribution is 2.24. The molecular formula is C28H41ClN2O2S. The lowest BCUT2D eigenvalue weighted by Crippen LogP contribution is -2.22. The molecule has 1 unspecified atom stereocenters. The van der Waals surface area contributed by atoms with E-state index in [1.165, 1.54) is 64.2 Å². The van der Waals surface area contributed by atoms with Crippen LogP contribution in [0, 0.1) is 5.92 Å². The average Bonchev–Trinajstić information content (AvgIpc) is 2.83. The second-order valence-corrected chi connectivity index (χ2v) is 10.9. The molecule has 0 aliphatic rings. The molecule has 0 saturated heterocycles. The molecule has 0 fully saturated rings. The maximum absolute atomic E-state index is 12.1. The summed E-state index contributed by atoms with van der Waals surface area (Å²) in [4.78, 5) is 21.1. The van der Waals surface area contributed by atoms with Crippen molar-refractivity contribution in [1.82, 2.24) is 9.97 Å². The van der Waals surface area contributed by atoms with Crippen molar-refractivity contribution in [3.05, 3.63) is 36.7 Å². The lowest BCUT2D eigenvalue weighted by atomic mass is 10.1. The summed E-state index contributed by atoms with van der Waals surface area (Å²) >= 11 is 7.84. The Bertz CT molecular complexity index is 812. The van der Waals surface area contributed by atoms with Gasteiger partial charge < -0.3 is 4.74 Å². The number of carbonyl (C=O) groups is 1. The highest BCUT2D eigenvalue weighted by molar-refractivity contribution is 7.99. The summed E-state index contributed by atoms with van der Waals surface area (Å²) in [5.41, 5.74) is 1.92. The van der Waals surface area contributed by atoms with Gasteiger partial charge in [0.1, 0.15) is 11.1 Å². The van der Waals surface area contributed by atoms with E-state index in [-0.39, 0.29) is 0 Å². The molecule has 1 aromatic heterocycles. The highest BCUT2D eigenvalue weighted by atomic mass is 35.5. The lowest BCUT2D eigenvalue weighted by molar-refractivity contribution is -0.134. The average molecular weight is 505 g/mol. The summed E-state index contributed by atoms with van der Waals surface area (Å²) in [6.45, 7) is 6.33. The van der Waals surface area contributed by atoms with Crippen LogP contribution in [0.15, 0.2) is 41.8 Å². The number of ether oxygens (including phenoxy) is 1. The number of nitrogens with zero attached hydrogens (tertiary/aromatic N) is 2. The molecule has 1 atom stereocenters. The Morgan fingerprint density at radius 3 is 2.00 bits per heavy atom. The predicted molar refractivity (Wildman–Crippen MR) is 145 cm³/mol. The molecule has 34 heavy (non-hydrogen) atoms. The van der Waals surface area contributed by atoms with Crippen LogP contribution in [0.3, 0.4) is 0 Å². The largest absolute Gasteiger partial charge is 0.425 e. The Balaban J connectivity index is 1.66. The smallest absolute Gasteiger partial charge is 0.329 e. The van der Waals surface area contributed by atoms with Crippen LogP contribution in [0.25, 0.3) is 11.1 Å². The van der Waals surface area contributed by atoms with Gasteiger partial charge in [-0.3, -0.25) is 4.79 Å². The summed E-state index contributed by atoms with van der Waals surface area (Å²) in [5, 5.41) is 0.196. The van der Waals surface area contributed by atoms with Crippen molar-refractivity contribution < 1.29 is 9.53 Å². The minimum atomic E-state index is -0.626. The van der Waals surface area contributed by atoms with Gasteiger partial charge in [-0.05, 0) is 36.5 Å². The Labute approximate surface area is 215 Å². The van der Waals surface area contributed by atoms with Gasteiger partial charge in [-0.25, -0.2) is 9.97 Å². The minimum Gasteiger partial charge on any atom is -0.425 e. The molecule has 0 bridgehead atoms. The first kappa shape index (κ1) is 28.6. The second kappa shape index (κ2) is 16.9. The molecular weight excluding hydrogens is 464 g/mol. The molecule has 0 aliphatic carbocycles. The zero-order valence-corrected chi connectivity index (χ0v) is 22.7. The molecule has 0 saturated carbocycles. The van der Waals surface area contributed by atoms with E-state index in [2.05, 4.69) is 16.9 Å². The SMILES string of the molecule is CCCCCCCCCCCCSc1ncc(-c2ccc(OC(=O)C(Cl)CC(C)C)cc2)cn1. The second-order valence-electron chi connectivity index (χ2n) is 9.33. The number of esters is 1. The van der Waals surface area contributed by atoms with Crippen molar-refractivity contribution >= 4 is 29.3 Å². The van der Waals surface area contributed by atoms with Gasteiger partial charge >= 0.3 is 5.97 Å². The standard InChI is InChI=1S/C28H41ClN2O2S/c1-4-5-6-7-8-9-10-11-12-13-18-34-28-30-20-24(21-31-28)23-14-16-25(17-15-23)33-27(32)26(29)19-22(2)3/h14-17,20-22,26H,4-13,18-19H2,1-3H3. The topological polar surface area (TPSA) is 52.1 Å².